The van der Waals surface area contributed by atoms with E-state index in [-0.39, 0.29) is 5.75 Å². The molecule has 0 amide bonds. The topological polar surface area (TPSA) is 47.9 Å². The van der Waals surface area contributed by atoms with Gasteiger partial charge in [-0.05, 0) is 18.9 Å². The van der Waals surface area contributed by atoms with Gasteiger partial charge in [-0.3, -0.25) is 0 Å². The fraction of sp³-hybridized carbons (Fsp3) is 0.417. The van der Waals surface area contributed by atoms with Crippen LogP contribution in [-0.2, 0) is 10.3 Å². The number of rotatable bonds is 4. The smallest absolute Gasteiger partial charge is 0.235 e. The molecular formula is C12H12FNO3. The maximum atomic E-state index is 13.6. The second-order valence-electron chi connectivity index (χ2n) is 3.92. The highest BCUT2D eigenvalue weighted by Crippen LogP contribution is 2.53. The highest BCUT2D eigenvalue weighted by molar-refractivity contribution is 5.50. The molecule has 0 atom stereocenters. The van der Waals surface area contributed by atoms with Gasteiger partial charge in [0.2, 0.25) is 6.08 Å². The molecule has 1 aromatic rings. The van der Waals surface area contributed by atoms with Gasteiger partial charge in [0.25, 0.3) is 0 Å². The van der Waals surface area contributed by atoms with Crippen LogP contribution in [0.4, 0.5) is 4.39 Å². The van der Waals surface area contributed by atoms with E-state index in [0.29, 0.717) is 24.2 Å². The minimum atomic E-state index is -0.653. The zero-order chi connectivity index (χ0) is 12.5. The van der Waals surface area contributed by atoms with Crippen LogP contribution >= 0.6 is 0 Å². The molecule has 1 saturated carbocycles. The Morgan fingerprint density at radius 1 is 1.29 bits per heavy atom. The molecule has 0 unspecified atom stereocenters. The van der Waals surface area contributed by atoms with Gasteiger partial charge >= 0.3 is 0 Å². The van der Waals surface area contributed by atoms with Gasteiger partial charge in [-0.1, -0.05) is 0 Å². The molecular weight excluding hydrogens is 225 g/mol. The van der Waals surface area contributed by atoms with Gasteiger partial charge in [0.05, 0.1) is 14.2 Å². The summed E-state index contributed by atoms with van der Waals surface area (Å²) in [4.78, 5) is 14.1. The summed E-state index contributed by atoms with van der Waals surface area (Å²) in [5, 5.41) is 0. The van der Waals surface area contributed by atoms with E-state index < -0.39 is 11.4 Å². The fourth-order valence-electron chi connectivity index (χ4n) is 1.87. The summed E-state index contributed by atoms with van der Waals surface area (Å²) in [5.41, 5.74) is -0.0816. The molecule has 90 valence electrons. The summed E-state index contributed by atoms with van der Waals surface area (Å²) >= 11 is 0. The third-order valence-corrected chi connectivity index (χ3v) is 2.96. The van der Waals surface area contributed by atoms with Gasteiger partial charge in [-0.25, -0.2) is 9.18 Å². The number of carbonyl (C=O) groups excluding carboxylic acids is 1. The Bertz CT molecular complexity index is 491. The van der Waals surface area contributed by atoms with Crippen LogP contribution in [0.2, 0.25) is 0 Å². The Kier molecular flexibility index (Phi) is 2.86. The average Bonchev–Trinajstić information content (AvgIpc) is 3.10. The molecule has 0 aromatic heterocycles. The van der Waals surface area contributed by atoms with Crippen molar-refractivity contribution in [3.8, 4) is 11.5 Å². The summed E-state index contributed by atoms with van der Waals surface area (Å²) in [7, 11) is 2.87. The van der Waals surface area contributed by atoms with E-state index >= 15 is 0 Å². The van der Waals surface area contributed by atoms with Gasteiger partial charge in [0, 0.05) is 11.6 Å². The van der Waals surface area contributed by atoms with Gasteiger partial charge in [-0.2, -0.15) is 4.99 Å². The second-order valence-corrected chi connectivity index (χ2v) is 3.92. The average molecular weight is 237 g/mol. The number of ether oxygens (including phenoxy) is 2. The third-order valence-electron chi connectivity index (χ3n) is 2.96. The summed E-state index contributed by atoms with van der Waals surface area (Å²) in [6.45, 7) is 0. The number of hydrogen-bond donors (Lipinski definition) is 0. The van der Waals surface area contributed by atoms with E-state index in [4.69, 9.17) is 9.47 Å². The van der Waals surface area contributed by atoms with E-state index in [0.717, 1.165) is 0 Å². The summed E-state index contributed by atoms with van der Waals surface area (Å²) in [6.07, 6.45) is 2.93. The zero-order valence-corrected chi connectivity index (χ0v) is 9.62. The lowest BCUT2D eigenvalue weighted by Crippen LogP contribution is -2.06. The molecule has 0 heterocycles. The van der Waals surface area contributed by atoms with Gasteiger partial charge in [0.1, 0.15) is 11.3 Å². The van der Waals surface area contributed by atoms with Crippen molar-refractivity contribution in [1.29, 1.82) is 0 Å². The SMILES string of the molecule is COc1cc(OC)c(C2(N=C=O)CC2)cc1F. The van der Waals surface area contributed by atoms with Crippen molar-refractivity contribution in [3.05, 3.63) is 23.5 Å². The van der Waals surface area contributed by atoms with Crippen molar-refractivity contribution >= 4 is 6.08 Å². The maximum Gasteiger partial charge on any atom is 0.235 e. The van der Waals surface area contributed by atoms with Crippen LogP contribution in [0.15, 0.2) is 17.1 Å². The standard InChI is InChI=1S/C12H12FNO3/c1-16-10-6-11(17-2)9(13)5-8(10)12(3-4-12)14-7-15/h5-6H,3-4H2,1-2H3. The molecule has 0 bridgehead atoms. The van der Waals surface area contributed by atoms with Gasteiger partial charge < -0.3 is 9.47 Å². The van der Waals surface area contributed by atoms with Crippen LogP contribution in [0.5, 0.6) is 11.5 Å². The van der Waals surface area contributed by atoms with Crippen LogP contribution in [0.1, 0.15) is 18.4 Å². The van der Waals surface area contributed by atoms with E-state index in [9.17, 15) is 9.18 Å². The van der Waals surface area contributed by atoms with Gasteiger partial charge in [-0.15, -0.1) is 0 Å². The summed E-state index contributed by atoms with van der Waals surface area (Å²) < 4.78 is 23.7. The predicted molar refractivity (Wildman–Crippen MR) is 58.5 cm³/mol. The predicted octanol–water partition coefficient (Wildman–Crippen LogP) is 2.17. The number of benzene rings is 1. The Morgan fingerprint density at radius 3 is 2.41 bits per heavy atom. The largest absolute Gasteiger partial charge is 0.496 e. The summed E-state index contributed by atoms with van der Waals surface area (Å²) in [6, 6.07) is 2.77. The quantitative estimate of drug-likeness (QED) is 0.595. The molecule has 0 saturated heterocycles. The number of hydrogen-bond acceptors (Lipinski definition) is 4. The molecule has 1 aromatic carbocycles. The Balaban J connectivity index is 2.54. The van der Waals surface area contributed by atoms with Crippen molar-refractivity contribution in [3.63, 3.8) is 0 Å². The Morgan fingerprint density at radius 2 is 1.94 bits per heavy atom. The second kappa shape index (κ2) is 4.18. The lowest BCUT2D eigenvalue weighted by Gasteiger charge is -2.15. The fourth-order valence-corrected chi connectivity index (χ4v) is 1.87. The molecule has 0 aliphatic heterocycles. The van der Waals surface area contributed by atoms with Crippen molar-refractivity contribution in [2.45, 2.75) is 18.4 Å². The summed E-state index contributed by atoms with van der Waals surface area (Å²) in [5.74, 6) is 0.0897. The molecule has 1 aliphatic carbocycles. The van der Waals surface area contributed by atoms with E-state index in [1.54, 1.807) is 0 Å². The molecule has 1 fully saturated rings. The molecule has 5 heteroatoms. The van der Waals surface area contributed by atoms with Crippen LogP contribution < -0.4 is 9.47 Å². The van der Waals surface area contributed by atoms with Crippen LogP contribution in [-0.4, -0.2) is 20.3 Å². The maximum absolute atomic E-state index is 13.6. The Labute approximate surface area is 98.1 Å². The molecule has 0 N–H and O–H groups in total. The molecule has 0 radical (unpaired) electrons. The highest BCUT2D eigenvalue weighted by atomic mass is 19.1. The molecule has 1 aliphatic rings. The monoisotopic (exact) mass is 237 g/mol. The number of halogens is 1. The lowest BCUT2D eigenvalue weighted by atomic mass is 10.0. The van der Waals surface area contributed by atoms with E-state index in [2.05, 4.69) is 4.99 Å². The number of aliphatic imine (C=N–C) groups is 1. The van der Waals surface area contributed by atoms with Crippen molar-refractivity contribution in [2.75, 3.05) is 14.2 Å². The lowest BCUT2D eigenvalue weighted by molar-refractivity contribution is 0.369. The molecule has 17 heavy (non-hydrogen) atoms. The normalized spacial score (nSPS) is 15.9. The Hall–Kier alpha value is -1.87. The van der Waals surface area contributed by atoms with Crippen LogP contribution in [0.3, 0.4) is 0 Å². The highest BCUT2D eigenvalue weighted by Gasteiger charge is 2.47. The first-order valence-corrected chi connectivity index (χ1v) is 5.18. The third kappa shape index (κ3) is 1.89. The van der Waals surface area contributed by atoms with Gasteiger partial charge in [0.15, 0.2) is 11.6 Å². The first-order chi connectivity index (χ1) is 8.16. The molecule has 2 rings (SSSR count). The van der Waals surface area contributed by atoms with E-state index in [1.165, 1.54) is 32.4 Å². The van der Waals surface area contributed by atoms with Crippen molar-refractivity contribution < 1.29 is 18.7 Å². The van der Waals surface area contributed by atoms with E-state index in [1.807, 2.05) is 0 Å². The number of isocyanates is 1. The van der Waals surface area contributed by atoms with Crippen molar-refractivity contribution in [1.82, 2.24) is 0 Å². The van der Waals surface area contributed by atoms with Crippen LogP contribution in [0.25, 0.3) is 0 Å². The number of methoxy groups -OCH3 is 2. The first kappa shape index (κ1) is 11.6. The van der Waals surface area contributed by atoms with Crippen LogP contribution in [0, 0.1) is 5.82 Å². The zero-order valence-electron chi connectivity index (χ0n) is 9.62. The van der Waals surface area contributed by atoms with Crippen molar-refractivity contribution in [2.24, 2.45) is 4.99 Å². The molecule has 4 nitrogen and oxygen atoms in total. The number of nitrogens with zero attached hydrogens (tertiary/aromatic N) is 1. The minimum absolute atomic E-state index is 0.108. The molecule has 0 spiro atoms. The minimum Gasteiger partial charge on any atom is -0.496 e. The first-order valence-electron chi connectivity index (χ1n) is 5.18.